The molecular formula is C30H23BrN4O3. The van der Waals surface area contributed by atoms with Gasteiger partial charge < -0.3 is 0 Å². The van der Waals surface area contributed by atoms with Crippen LogP contribution in [0.1, 0.15) is 29.8 Å². The van der Waals surface area contributed by atoms with Gasteiger partial charge in [-0.2, -0.15) is 0 Å². The Morgan fingerprint density at radius 1 is 0.947 bits per heavy atom. The van der Waals surface area contributed by atoms with Crippen molar-refractivity contribution in [1.29, 1.82) is 0 Å². The first-order chi connectivity index (χ1) is 18.4. The first-order valence-corrected chi connectivity index (χ1v) is 13.8. The second-order valence-corrected chi connectivity index (χ2v) is 11.6. The Bertz CT molecular complexity index is 1800. The molecule has 0 unspecified atom stereocenters. The Hall–Kier alpha value is -3.62. The number of carbonyl (C=O) groups is 2. The molecule has 7 nitrogen and oxygen atoms in total. The number of fused-ring (bicyclic) bond motifs is 11. The highest BCUT2D eigenvalue weighted by molar-refractivity contribution is 9.10. The molecule has 4 aromatic rings. The normalized spacial score (nSPS) is 27.3. The molecule has 0 radical (unpaired) electrons. The number of amides is 2. The summed E-state index contributed by atoms with van der Waals surface area (Å²) in [4.78, 5) is 51.5. The summed E-state index contributed by atoms with van der Waals surface area (Å²) in [5.41, 5.74) is 2.68. The van der Waals surface area contributed by atoms with Gasteiger partial charge in [0.25, 0.3) is 5.56 Å². The summed E-state index contributed by atoms with van der Waals surface area (Å²) in [6.45, 7) is 2.71. The number of nitrogens with zero attached hydrogens (tertiary/aromatic N) is 4. The van der Waals surface area contributed by atoms with Crippen molar-refractivity contribution in [2.45, 2.75) is 31.3 Å². The van der Waals surface area contributed by atoms with Gasteiger partial charge in [0.15, 0.2) is 0 Å². The number of anilines is 1. The van der Waals surface area contributed by atoms with Gasteiger partial charge in [-0.1, -0.05) is 36.4 Å². The van der Waals surface area contributed by atoms with Crippen LogP contribution in [0.2, 0.25) is 0 Å². The zero-order valence-electron chi connectivity index (χ0n) is 20.6. The van der Waals surface area contributed by atoms with Gasteiger partial charge in [0, 0.05) is 16.1 Å². The molecule has 5 heterocycles. The fraction of sp³-hybridized carbons (Fsp3) is 0.267. The standard InChI is InChI=1S/C30H23BrN4O3/c1-16-12-13-22(19(31)15-16)34-27(37)24-23-11-6-14-33(23)30(25(24)28(34)38)18-8-3-5-10-21(18)35-26(36)17-7-2-4-9-20(17)32-29(30)35/h2-5,7-10,12-13,15,23-25H,6,11,14H2,1H3/t23-,24-,25+,30+/m0/s1. The van der Waals surface area contributed by atoms with E-state index in [0.717, 1.165) is 36.2 Å². The molecule has 38 heavy (non-hydrogen) atoms. The third-order valence-electron chi connectivity index (χ3n) is 8.98. The van der Waals surface area contributed by atoms with Crippen molar-refractivity contribution in [3.8, 4) is 5.69 Å². The van der Waals surface area contributed by atoms with E-state index in [-0.39, 0.29) is 23.4 Å². The third kappa shape index (κ3) is 2.48. The molecule has 8 rings (SSSR count). The quantitative estimate of drug-likeness (QED) is 0.321. The molecule has 4 atom stereocenters. The molecule has 0 N–H and O–H groups in total. The maximum atomic E-state index is 14.5. The van der Waals surface area contributed by atoms with E-state index in [1.54, 1.807) is 10.6 Å². The Labute approximate surface area is 226 Å². The first kappa shape index (κ1) is 22.4. The summed E-state index contributed by atoms with van der Waals surface area (Å²) in [6, 6.07) is 20.7. The highest BCUT2D eigenvalue weighted by Gasteiger charge is 2.73. The van der Waals surface area contributed by atoms with Crippen molar-refractivity contribution < 1.29 is 9.59 Å². The smallest absolute Gasteiger partial charge is 0.266 e. The molecule has 2 amide bonds. The molecule has 1 aromatic heterocycles. The van der Waals surface area contributed by atoms with Gasteiger partial charge >= 0.3 is 0 Å². The molecule has 0 saturated carbocycles. The van der Waals surface area contributed by atoms with E-state index in [1.165, 1.54) is 4.90 Å². The van der Waals surface area contributed by atoms with E-state index in [2.05, 4.69) is 20.8 Å². The Balaban J connectivity index is 1.45. The largest absolute Gasteiger partial charge is 0.283 e. The molecule has 3 aromatic carbocycles. The number of aromatic nitrogens is 2. The van der Waals surface area contributed by atoms with Crippen LogP contribution >= 0.6 is 15.9 Å². The predicted molar refractivity (Wildman–Crippen MR) is 146 cm³/mol. The highest BCUT2D eigenvalue weighted by atomic mass is 79.9. The topological polar surface area (TPSA) is 75.5 Å². The lowest BCUT2D eigenvalue weighted by Crippen LogP contribution is -2.51. The molecule has 3 fully saturated rings. The molecule has 4 aliphatic heterocycles. The van der Waals surface area contributed by atoms with Crippen molar-refractivity contribution in [1.82, 2.24) is 14.5 Å². The number of carbonyl (C=O) groups excluding carboxylic acids is 2. The molecule has 188 valence electrons. The average molecular weight is 567 g/mol. The zero-order valence-corrected chi connectivity index (χ0v) is 22.2. The van der Waals surface area contributed by atoms with Crippen LogP contribution in [0.25, 0.3) is 16.6 Å². The third-order valence-corrected chi connectivity index (χ3v) is 9.62. The van der Waals surface area contributed by atoms with E-state index in [0.29, 0.717) is 26.9 Å². The number of hydrogen-bond donors (Lipinski definition) is 0. The number of imide groups is 1. The SMILES string of the molecule is Cc1ccc(N2C(=O)[C@H]3[C@@H]4CCCN4[C@]4(c5ccccc5-n5c4nc4ccccc4c5=O)[C@H]3C2=O)c(Br)c1. The summed E-state index contributed by atoms with van der Waals surface area (Å²) in [5, 5.41) is 0.537. The second kappa shape index (κ2) is 7.48. The fourth-order valence-electron chi connectivity index (χ4n) is 7.64. The first-order valence-electron chi connectivity index (χ1n) is 13.0. The highest BCUT2D eigenvalue weighted by Crippen LogP contribution is 2.62. The van der Waals surface area contributed by atoms with Gasteiger partial charge in [0.1, 0.15) is 11.4 Å². The van der Waals surface area contributed by atoms with Crippen molar-refractivity contribution >= 4 is 44.3 Å². The van der Waals surface area contributed by atoms with Crippen molar-refractivity contribution in [2.75, 3.05) is 11.4 Å². The van der Waals surface area contributed by atoms with E-state index in [9.17, 15) is 14.4 Å². The molecule has 0 aliphatic carbocycles. The van der Waals surface area contributed by atoms with E-state index < -0.39 is 17.4 Å². The number of para-hydroxylation sites is 2. The average Bonchev–Trinajstić information content (AvgIpc) is 3.62. The zero-order chi connectivity index (χ0) is 25.9. The van der Waals surface area contributed by atoms with E-state index >= 15 is 0 Å². The summed E-state index contributed by atoms with van der Waals surface area (Å²) in [5.74, 6) is -1.05. The van der Waals surface area contributed by atoms with Crippen LogP contribution in [0.3, 0.4) is 0 Å². The molecule has 1 spiro atoms. The minimum Gasteiger partial charge on any atom is -0.283 e. The number of benzene rings is 3. The number of halogens is 1. The van der Waals surface area contributed by atoms with Gasteiger partial charge in [0.2, 0.25) is 11.8 Å². The van der Waals surface area contributed by atoms with Crippen LogP contribution in [0, 0.1) is 18.8 Å². The number of hydrogen-bond acceptors (Lipinski definition) is 5. The van der Waals surface area contributed by atoms with Crippen LogP contribution in [0.4, 0.5) is 5.69 Å². The lowest BCUT2D eigenvalue weighted by Gasteiger charge is -2.38. The van der Waals surface area contributed by atoms with Crippen LogP contribution in [-0.2, 0) is 15.1 Å². The van der Waals surface area contributed by atoms with Crippen molar-refractivity contribution in [3.63, 3.8) is 0 Å². The van der Waals surface area contributed by atoms with Crippen LogP contribution in [-0.4, -0.2) is 38.9 Å². The van der Waals surface area contributed by atoms with Crippen molar-refractivity contribution in [3.05, 3.63) is 98.5 Å². The minimum absolute atomic E-state index is 0.103. The lowest BCUT2D eigenvalue weighted by atomic mass is 9.75. The minimum atomic E-state index is -0.996. The summed E-state index contributed by atoms with van der Waals surface area (Å²) in [7, 11) is 0. The van der Waals surface area contributed by atoms with Gasteiger partial charge in [-0.05, 0) is 78.1 Å². The number of rotatable bonds is 1. The maximum Gasteiger partial charge on any atom is 0.266 e. The fourth-order valence-corrected chi connectivity index (χ4v) is 8.31. The van der Waals surface area contributed by atoms with E-state index in [1.807, 2.05) is 67.6 Å². The van der Waals surface area contributed by atoms with Crippen LogP contribution in [0.15, 0.2) is 76.0 Å². The predicted octanol–water partition coefficient (Wildman–Crippen LogP) is 4.30. The maximum absolute atomic E-state index is 14.5. The van der Waals surface area contributed by atoms with Gasteiger partial charge in [-0.3, -0.25) is 23.9 Å². The van der Waals surface area contributed by atoms with Crippen LogP contribution in [0.5, 0.6) is 0 Å². The van der Waals surface area contributed by atoms with Crippen LogP contribution < -0.4 is 10.5 Å². The summed E-state index contributed by atoms with van der Waals surface area (Å²) >= 11 is 3.60. The Morgan fingerprint density at radius 2 is 1.74 bits per heavy atom. The Kier molecular flexibility index (Phi) is 4.41. The molecule has 0 bridgehead atoms. The molecule has 8 heteroatoms. The van der Waals surface area contributed by atoms with E-state index in [4.69, 9.17) is 4.98 Å². The molecular weight excluding hydrogens is 544 g/mol. The summed E-state index contributed by atoms with van der Waals surface area (Å²) < 4.78 is 2.40. The van der Waals surface area contributed by atoms with Gasteiger partial charge in [-0.25, -0.2) is 9.88 Å². The molecule has 4 aliphatic rings. The number of aryl methyl sites for hydroxylation is 1. The lowest BCUT2D eigenvalue weighted by molar-refractivity contribution is -0.124. The van der Waals surface area contributed by atoms with Gasteiger partial charge in [-0.15, -0.1) is 0 Å². The second-order valence-electron chi connectivity index (χ2n) is 10.7. The Morgan fingerprint density at radius 3 is 2.58 bits per heavy atom. The molecule has 3 saturated heterocycles. The monoisotopic (exact) mass is 566 g/mol. The van der Waals surface area contributed by atoms with Gasteiger partial charge in [0.05, 0.1) is 34.1 Å². The van der Waals surface area contributed by atoms with Crippen molar-refractivity contribution in [2.24, 2.45) is 11.8 Å². The summed E-state index contributed by atoms with van der Waals surface area (Å²) in [6.07, 6.45) is 1.75.